The SMILES string of the molecule is COCC1(CNC(=O)c2csc(C(C)C)n2)CCCC1. The molecule has 20 heavy (non-hydrogen) atoms. The second kappa shape index (κ2) is 6.68. The molecule has 1 aromatic heterocycles. The molecular formula is C15H24N2O2S. The number of methoxy groups -OCH3 is 1. The van der Waals surface area contributed by atoms with Crippen LogP contribution in [0.5, 0.6) is 0 Å². The smallest absolute Gasteiger partial charge is 0.270 e. The molecule has 0 aromatic carbocycles. The Balaban J connectivity index is 1.93. The maximum Gasteiger partial charge on any atom is 0.270 e. The zero-order valence-corrected chi connectivity index (χ0v) is 13.4. The minimum atomic E-state index is -0.0597. The maximum absolute atomic E-state index is 12.2. The van der Waals surface area contributed by atoms with Gasteiger partial charge in [-0.05, 0) is 12.8 Å². The first kappa shape index (κ1) is 15.4. The van der Waals surface area contributed by atoms with Gasteiger partial charge in [0, 0.05) is 30.4 Å². The lowest BCUT2D eigenvalue weighted by atomic mass is 9.87. The average molecular weight is 296 g/mol. The van der Waals surface area contributed by atoms with Crippen LogP contribution >= 0.6 is 11.3 Å². The molecule has 0 bridgehead atoms. The van der Waals surface area contributed by atoms with Crippen LogP contribution in [0.3, 0.4) is 0 Å². The molecule has 1 fully saturated rings. The summed E-state index contributed by atoms with van der Waals surface area (Å²) in [6.07, 6.45) is 4.73. The summed E-state index contributed by atoms with van der Waals surface area (Å²) in [5.41, 5.74) is 0.672. The van der Waals surface area contributed by atoms with Crippen molar-refractivity contribution in [3.8, 4) is 0 Å². The summed E-state index contributed by atoms with van der Waals surface area (Å²) in [6, 6.07) is 0. The number of hydrogen-bond acceptors (Lipinski definition) is 4. The standard InChI is InChI=1S/C15H24N2O2S/c1-11(2)14-17-12(8-20-14)13(18)16-9-15(10-19-3)6-4-5-7-15/h8,11H,4-7,9-10H2,1-3H3,(H,16,18). The molecule has 0 saturated heterocycles. The highest BCUT2D eigenvalue weighted by atomic mass is 32.1. The number of amides is 1. The molecule has 112 valence electrons. The molecule has 4 nitrogen and oxygen atoms in total. The largest absolute Gasteiger partial charge is 0.384 e. The molecule has 1 aromatic rings. The van der Waals surface area contributed by atoms with E-state index in [1.807, 2.05) is 5.38 Å². The zero-order valence-electron chi connectivity index (χ0n) is 12.6. The van der Waals surface area contributed by atoms with E-state index in [0.29, 0.717) is 18.2 Å². The Morgan fingerprint density at radius 2 is 2.20 bits per heavy atom. The first-order chi connectivity index (χ1) is 9.56. The number of ether oxygens (including phenoxy) is 1. The van der Waals surface area contributed by atoms with Gasteiger partial charge in [0.15, 0.2) is 0 Å². The predicted molar refractivity (Wildman–Crippen MR) is 81.3 cm³/mol. The van der Waals surface area contributed by atoms with Gasteiger partial charge in [0.2, 0.25) is 0 Å². The quantitative estimate of drug-likeness (QED) is 0.877. The van der Waals surface area contributed by atoms with Crippen LogP contribution in [-0.4, -0.2) is 31.2 Å². The van der Waals surface area contributed by atoms with Gasteiger partial charge in [0.1, 0.15) is 5.69 Å². The minimum Gasteiger partial charge on any atom is -0.384 e. The molecule has 0 atom stereocenters. The van der Waals surface area contributed by atoms with E-state index in [4.69, 9.17) is 4.74 Å². The van der Waals surface area contributed by atoms with Crippen molar-refractivity contribution in [2.45, 2.75) is 45.4 Å². The Morgan fingerprint density at radius 1 is 1.50 bits per heavy atom. The molecular weight excluding hydrogens is 272 g/mol. The van der Waals surface area contributed by atoms with Gasteiger partial charge in [-0.1, -0.05) is 26.7 Å². The molecule has 1 aliphatic carbocycles. The molecule has 0 aliphatic heterocycles. The Bertz CT molecular complexity index is 450. The molecule has 1 heterocycles. The molecule has 2 rings (SSSR count). The second-order valence-corrected chi connectivity index (χ2v) is 6.94. The van der Waals surface area contributed by atoms with Crippen LogP contribution in [0.2, 0.25) is 0 Å². The van der Waals surface area contributed by atoms with E-state index in [2.05, 4.69) is 24.1 Å². The molecule has 1 amide bonds. The fourth-order valence-corrected chi connectivity index (χ4v) is 3.63. The number of aromatic nitrogens is 1. The van der Waals surface area contributed by atoms with Crippen molar-refractivity contribution in [1.29, 1.82) is 0 Å². The van der Waals surface area contributed by atoms with Crippen LogP contribution in [-0.2, 0) is 4.74 Å². The number of nitrogens with zero attached hydrogens (tertiary/aromatic N) is 1. The predicted octanol–water partition coefficient (Wildman–Crippen LogP) is 3.20. The van der Waals surface area contributed by atoms with Crippen molar-refractivity contribution >= 4 is 17.2 Å². The van der Waals surface area contributed by atoms with Crippen LogP contribution in [0.4, 0.5) is 0 Å². The van der Waals surface area contributed by atoms with Crippen LogP contribution in [0, 0.1) is 5.41 Å². The van der Waals surface area contributed by atoms with E-state index in [1.54, 1.807) is 18.4 Å². The number of thiazole rings is 1. The Kier molecular flexibility index (Phi) is 5.16. The van der Waals surface area contributed by atoms with Crippen LogP contribution < -0.4 is 5.32 Å². The topological polar surface area (TPSA) is 51.2 Å². The van der Waals surface area contributed by atoms with Crippen LogP contribution in [0.15, 0.2) is 5.38 Å². The first-order valence-electron chi connectivity index (χ1n) is 7.29. The lowest BCUT2D eigenvalue weighted by Gasteiger charge is -2.28. The number of hydrogen-bond donors (Lipinski definition) is 1. The maximum atomic E-state index is 12.2. The van der Waals surface area contributed by atoms with Gasteiger partial charge < -0.3 is 10.1 Å². The Morgan fingerprint density at radius 3 is 2.75 bits per heavy atom. The third-order valence-electron chi connectivity index (χ3n) is 3.99. The van der Waals surface area contributed by atoms with Crippen molar-refractivity contribution in [3.63, 3.8) is 0 Å². The third kappa shape index (κ3) is 3.58. The average Bonchev–Trinajstić information content (AvgIpc) is 3.06. The third-order valence-corrected chi connectivity index (χ3v) is 5.13. The number of carbonyl (C=O) groups is 1. The van der Waals surface area contributed by atoms with Gasteiger partial charge >= 0.3 is 0 Å². The van der Waals surface area contributed by atoms with E-state index in [9.17, 15) is 4.79 Å². The van der Waals surface area contributed by atoms with Gasteiger partial charge in [-0.15, -0.1) is 11.3 Å². The van der Waals surface area contributed by atoms with Gasteiger partial charge in [-0.2, -0.15) is 0 Å². The molecule has 0 unspecified atom stereocenters. The minimum absolute atomic E-state index is 0.0597. The molecule has 5 heteroatoms. The number of carbonyl (C=O) groups excluding carboxylic acids is 1. The van der Waals surface area contributed by atoms with Crippen LogP contribution in [0.1, 0.15) is 60.9 Å². The molecule has 0 radical (unpaired) electrons. The highest BCUT2D eigenvalue weighted by molar-refractivity contribution is 7.09. The first-order valence-corrected chi connectivity index (χ1v) is 8.17. The summed E-state index contributed by atoms with van der Waals surface area (Å²) in [4.78, 5) is 16.6. The summed E-state index contributed by atoms with van der Waals surface area (Å²) in [6.45, 7) is 5.59. The summed E-state index contributed by atoms with van der Waals surface area (Å²) in [7, 11) is 1.73. The van der Waals surface area contributed by atoms with E-state index in [0.717, 1.165) is 24.5 Å². The highest BCUT2D eigenvalue weighted by Gasteiger charge is 2.34. The fourth-order valence-electron chi connectivity index (χ4n) is 2.82. The summed E-state index contributed by atoms with van der Waals surface area (Å²) < 4.78 is 5.34. The summed E-state index contributed by atoms with van der Waals surface area (Å²) in [5.74, 6) is 0.312. The van der Waals surface area contributed by atoms with E-state index >= 15 is 0 Å². The van der Waals surface area contributed by atoms with E-state index in [-0.39, 0.29) is 11.3 Å². The monoisotopic (exact) mass is 296 g/mol. The van der Waals surface area contributed by atoms with Crippen molar-refractivity contribution in [2.75, 3.05) is 20.3 Å². The lowest BCUT2D eigenvalue weighted by Crippen LogP contribution is -2.38. The van der Waals surface area contributed by atoms with Crippen molar-refractivity contribution in [2.24, 2.45) is 5.41 Å². The van der Waals surface area contributed by atoms with Crippen molar-refractivity contribution < 1.29 is 9.53 Å². The van der Waals surface area contributed by atoms with E-state index < -0.39 is 0 Å². The molecule has 1 N–H and O–H groups in total. The van der Waals surface area contributed by atoms with Gasteiger partial charge in [-0.25, -0.2) is 4.98 Å². The molecule has 1 saturated carbocycles. The Labute approximate surface area is 124 Å². The number of rotatable bonds is 6. The second-order valence-electron chi connectivity index (χ2n) is 6.05. The van der Waals surface area contributed by atoms with Crippen molar-refractivity contribution in [3.05, 3.63) is 16.1 Å². The zero-order chi connectivity index (χ0) is 14.6. The van der Waals surface area contributed by atoms with Gasteiger partial charge in [0.25, 0.3) is 5.91 Å². The normalized spacial score (nSPS) is 17.6. The summed E-state index contributed by atoms with van der Waals surface area (Å²) in [5, 5.41) is 5.91. The fraction of sp³-hybridized carbons (Fsp3) is 0.733. The Hall–Kier alpha value is -0.940. The highest BCUT2D eigenvalue weighted by Crippen LogP contribution is 2.37. The van der Waals surface area contributed by atoms with Gasteiger partial charge in [-0.3, -0.25) is 4.79 Å². The van der Waals surface area contributed by atoms with Crippen molar-refractivity contribution in [1.82, 2.24) is 10.3 Å². The van der Waals surface area contributed by atoms with Gasteiger partial charge in [0.05, 0.1) is 11.6 Å². The molecule has 0 spiro atoms. The molecule has 1 aliphatic rings. The lowest BCUT2D eigenvalue weighted by molar-refractivity contribution is 0.0738. The van der Waals surface area contributed by atoms with Crippen LogP contribution in [0.25, 0.3) is 0 Å². The number of nitrogens with one attached hydrogen (secondary N) is 1. The van der Waals surface area contributed by atoms with E-state index in [1.165, 1.54) is 12.8 Å². The summed E-state index contributed by atoms with van der Waals surface area (Å²) >= 11 is 1.56.